The van der Waals surface area contributed by atoms with E-state index in [1.807, 2.05) is 48.5 Å². The van der Waals surface area contributed by atoms with Crippen LogP contribution in [0.3, 0.4) is 0 Å². The van der Waals surface area contributed by atoms with E-state index in [1.54, 1.807) is 20.4 Å². The first-order valence-corrected chi connectivity index (χ1v) is 8.38. The highest BCUT2D eigenvalue weighted by atomic mass is 16.5. The van der Waals surface area contributed by atoms with E-state index in [9.17, 15) is 0 Å². The Labute approximate surface area is 153 Å². The van der Waals surface area contributed by atoms with Gasteiger partial charge in [0.1, 0.15) is 17.3 Å². The zero-order chi connectivity index (χ0) is 18.2. The highest BCUT2D eigenvalue weighted by molar-refractivity contribution is 5.55. The highest BCUT2D eigenvalue weighted by Crippen LogP contribution is 2.18. The maximum Gasteiger partial charge on any atom is 0.229 e. The lowest BCUT2D eigenvalue weighted by atomic mass is 10.1. The van der Waals surface area contributed by atoms with Gasteiger partial charge in [-0.1, -0.05) is 12.1 Å². The maximum absolute atomic E-state index is 5.25. The lowest BCUT2D eigenvalue weighted by molar-refractivity contribution is 0.414. The Kier molecular flexibility index (Phi) is 5.88. The van der Waals surface area contributed by atoms with Gasteiger partial charge in [-0.15, -0.1) is 0 Å². The third-order valence-electron chi connectivity index (χ3n) is 3.86. The van der Waals surface area contributed by atoms with Crippen molar-refractivity contribution in [1.82, 2.24) is 9.97 Å². The van der Waals surface area contributed by atoms with Crippen molar-refractivity contribution in [2.75, 3.05) is 31.4 Å². The Morgan fingerprint density at radius 2 is 1.73 bits per heavy atom. The molecule has 1 aromatic heterocycles. The fraction of sp³-hybridized carbons (Fsp3) is 0.200. The van der Waals surface area contributed by atoms with E-state index >= 15 is 0 Å². The topological polar surface area (TPSA) is 68.3 Å². The molecular formula is C20H22N4O2. The summed E-state index contributed by atoms with van der Waals surface area (Å²) < 4.78 is 10.4. The monoisotopic (exact) mass is 350 g/mol. The molecule has 2 N–H and O–H groups in total. The van der Waals surface area contributed by atoms with Crippen molar-refractivity contribution in [1.29, 1.82) is 0 Å². The molecular weight excluding hydrogens is 328 g/mol. The van der Waals surface area contributed by atoms with Crippen molar-refractivity contribution in [3.63, 3.8) is 0 Å². The van der Waals surface area contributed by atoms with Crippen LogP contribution < -0.4 is 20.1 Å². The van der Waals surface area contributed by atoms with Gasteiger partial charge in [-0.2, -0.15) is 4.98 Å². The minimum Gasteiger partial charge on any atom is -0.497 e. The van der Waals surface area contributed by atoms with E-state index in [0.717, 1.165) is 36.0 Å². The standard InChI is InChI=1S/C20H22N4O2/c1-25-17-8-6-16(7-9-17)23-20-22-13-11-19(24-20)21-12-10-15-4-3-5-18(14-15)26-2/h3-9,11,13-14H,10,12H2,1-2H3,(H2,21,22,23,24). The fourth-order valence-corrected chi connectivity index (χ4v) is 2.48. The van der Waals surface area contributed by atoms with Crippen molar-refractivity contribution >= 4 is 17.5 Å². The predicted molar refractivity (Wildman–Crippen MR) is 103 cm³/mol. The Balaban J connectivity index is 1.56. The van der Waals surface area contributed by atoms with E-state index in [2.05, 4.69) is 26.7 Å². The number of nitrogens with zero attached hydrogens (tertiary/aromatic N) is 2. The second kappa shape index (κ2) is 8.71. The lowest BCUT2D eigenvalue weighted by Gasteiger charge is -2.09. The van der Waals surface area contributed by atoms with Gasteiger partial charge in [0.2, 0.25) is 5.95 Å². The van der Waals surface area contributed by atoms with Crippen LogP contribution in [0.15, 0.2) is 60.8 Å². The van der Waals surface area contributed by atoms with Crippen molar-refractivity contribution < 1.29 is 9.47 Å². The van der Waals surface area contributed by atoms with Gasteiger partial charge in [0.15, 0.2) is 0 Å². The third-order valence-corrected chi connectivity index (χ3v) is 3.86. The summed E-state index contributed by atoms with van der Waals surface area (Å²) in [7, 11) is 3.32. The fourth-order valence-electron chi connectivity index (χ4n) is 2.48. The number of anilines is 3. The van der Waals surface area contributed by atoms with E-state index < -0.39 is 0 Å². The van der Waals surface area contributed by atoms with Gasteiger partial charge in [-0.05, 0) is 54.4 Å². The van der Waals surface area contributed by atoms with Crippen molar-refractivity contribution in [3.8, 4) is 11.5 Å². The molecule has 0 aliphatic rings. The molecule has 3 rings (SSSR count). The molecule has 0 aliphatic heterocycles. The van der Waals surface area contributed by atoms with Crippen LogP contribution in [-0.2, 0) is 6.42 Å². The molecule has 0 spiro atoms. The van der Waals surface area contributed by atoms with Gasteiger partial charge in [0.25, 0.3) is 0 Å². The first kappa shape index (κ1) is 17.5. The van der Waals surface area contributed by atoms with Crippen LogP contribution in [0.1, 0.15) is 5.56 Å². The summed E-state index contributed by atoms with van der Waals surface area (Å²) in [5.74, 6) is 3.00. The van der Waals surface area contributed by atoms with E-state index in [1.165, 1.54) is 5.56 Å². The number of nitrogens with one attached hydrogen (secondary N) is 2. The molecule has 0 fully saturated rings. The summed E-state index contributed by atoms with van der Waals surface area (Å²) in [6.07, 6.45) is 2.61. The Hall–Kier alpha value is -3.28. The van der Waals surface area contributed by atoms with Gasteiger partial charge in [-0.25, -0.2) is 4.98 Å². The van der Waals surface area contributed by atoms with E-state index in [-0.39, 0.29) is 0 Å². The molecule has 6 nitrogen and oxygen atoms in total. The molecule has 1 heterocycles. The van der Waals surface area contributed by atoms with E-state index in [4.69, 9.17) is 9.47 Å². The Bertz CT molecular complexity index is 837. The molecule has 26 heavy (non-hydrogen) atoms. The van der Waals surface area contributed by atoms with Gasteiger partial charge >= 0.3 is 0 Å². The van der Waals surface area contributed by atoms with E-state index in [0.29, 0.717) is 5.95 Å². The molecule has 6 heteroatoms. The Morgan fingerprint density at radius 1 is 0.923 bits per heavy atom. The van der Waals surface area contributed by atoms with Crippen LogP contribution in [-0.4, -0.2) is 30.7 Å². The van der Waals surface area contributed by atoms with Crippen molar-refractivity contribution in [3.05, 3.63) is 66.4 Å². The number of methoxy groups -OCH3 is 2. The summed E-state index contributed by atoms with van der Waals surface area (Å²) in [5, 5.41) is 6.51. The number of rotatable bonds is 8. The first-order chi connectivity index (χ1) is 12.8. The first-order valence-electron chi connectivity index (χ1n) is 8.38. The minimum atomic E-state index is 0.543. The summed E-state index contributed by atoms with van der Waals surface area (Å²) in [5.41, 5.74) is 2.11. The summed E-state index contributed by atoms with van der Waals surface area (Å²) in [4.78, 5) is 8.74. The molecule has 0 amide bonds. The SMILES string of the molecule is COc1ccc(Nc2nccc(NCCc3cccc(OC)c3)n2)cc1. The number of hydrogen-bond acceptors (Lipinski definition) is 6. The summed E-state index contributed by atoms with van der Waals surface area (Å²) in [6, 6.07) is 17.5. The minimum absolute atomic E-state index is 0.543. The number of aromatic nitrogens is 2. The molecule has 0 saturated carbocycles. The van der Waals surface area contributed by atoms with Crippen LogP contribution in [0.25, 0.3) is 0 Å². The second-order valence-electron chi connectivity index (χ2n) is 5.65. The van der Waals surface area contributed by atoms with Crippen LogP contribution in [0.5, 0.6) is 11.5 Å². The molecule has 0 saturated heterocycles. The molecule has 0 radical (unpaired) electrons. The smallest absolute Gasteiger partial charge is 0.229 e. The van der Waals surface area contributed by atoms with Crippen LogP contribution in [0.4, 0.5) is 17.5 Å². The molecule has 0 aliphatic carbocycles. The van der Waals surface area contributed by atoms with Gasteiger partial charge in [-0.3, -0.25) is 0 Å². The van der Waals surface area contributed by atoms with Crippen LogP contribution in [0, 0.1) is 0 Å². The average molecular weight is 350 g/mol. The highest BCUT2D eigenvalue weighted by Gasteiger charge is 2.02. The molecule has 0 atom stereocenters. The summed E-state index contributed by atoms with van der Waals surface area (Å²) in [6.45, 7) is 0.770. The van der Waals surface area contributed by atoms with Gasteiger partial charge < -0.3 is 20.1 Å². The van der Waals surface area contributed by atoms with Crippen LogP contribution in [0.2, 0.25) is 0 Å². The van der Waals surface area contributed by atoms with Crippen molar-refractivity contribution in [2.45, 2.75) is 6.42 Å². The number of benzene rings is 2. The molecule has 134 valence electrons. The molecule has 3 aromatic rings. The Morgan fingerprint density at radius 3 is 2.50 bits per heavy atom. The largest absolute Gasteiger partial charge is 0.497 e. The van der Waals surface area contributed by atoms with Crippen molar-refractivity contribution in [2.24, 2.45) is 0 Å². The second-order valence-corrected chi connectivity index (χ2v) is 5.65. The average Bonchev–Trinajstić information content (AvgIpc) is 2.69. The maximum atomic E-state index is 5.25. The quantitative estimate of drug-likeness (QED) is 0.642. The predicted octanol–water partition coefficient (Wildman–Crippen LogP) is 3.89. The van der Waals surface area contributed by atoms with Gasteiger partial charge in [0.05, 0.1) is 14.2 Å². The summed E-state index contributed by atoms with van der Waals surface area (Å²) >= 11 is 0. The zero-order valence-corrected chi connectivity index (χ0v) is 14.9. The molecule has 0 bridgehead atoms. The number of hydrogen-bond donors (Lipinski definition) is 2. The third kappa shape index (κ3) is 4.86. The molecule has 0 unspecified atom stereocenters. The zero-order valence-electron chi connectivity index (χ0n) is 14.9. The van der Waals surface area contributed by atoms with Crippen LogP contribution >= 0.6 is 0 Å². The lowest BCUT2D eigenvalue weighted by Crippen LogP contribution is -2.07. The number of ether oxygens (including phenoxy) is 2. The molecule has 2 aromatic carbocycles. The van der Waals surface area contributed by atoms with Gasteiger partial charge in [0, 0.05) is 18.4 Å². The normalized spacial score (nSPS) is 10.2.